The zero-order valence-electron chi connectivity index (χ0n) is 14.8. The van der Waals surface area contributed by atoms with Gasteiger partial charge < -0.3 is 19.0 Å². The molecule has 0 saturated carbocycles. The average molecular weight is 371 g/mol. The van der Waals surface area contributed by atoms with Gasteiger partial charge in [0.05, 0.1) is 25.5 Å². The van der Waals surface area contributed by atoms with Crippen molar-refractivity contribution in [3.8, 4) is 0 Å². The number of carbonyl (C=O) groups is 2. The first-order valence-electron chi connectivity index (χ1n) is 8.89. The highest BCUT2D eigenvalue weighted by Crippen LogP contribution is 2.16. The Hall–Kier alpha value is -1.53. The predicted molar refractivity (Wildman–Crippen MR) is 95.3 cm³/mol. The number of amides is 2. The fraction of sp³-hybridized carbons (Fsp3) is 0.667. The van der Waals surface area contributed by atoms with Crippen LogP contribution in [0.3, 0.4) is 0 Å². The Labute approximate surface area is 154 Å². The minimum Gasteiger partial charge on any atom is -0.467 e. The van der Waals surface area contributed by atoms with Crippen molar-refractivity contribution in [2.75, 3.05) is 32.1 Å². The van der Waals surface area contributed by atoms with Gasteiger partial charge in [-0.05, 0) is 31.4 Å². The first-order chi connectivity index (χ1) is 12.1. The van der Waals surface area contributed by atoms with Crippen LogP contribution in [0, 0.1) is 0 Å². The number of unbranched alkanes of at least 4 members (excludes halogenated alkanes) is 1. The Kier molecular flexibility index (Phi) is 8.28. The number of furan rings is 1. The van der Waals surface area contributed by atoms with E-state index in [1.54, 1.807) is 22.1 Å². The molecular weight excluding hydrogens is 344 g/mol. The van der Waals surface area contributed by atoms with Crippen molar-refractivity contribution in [1.82, 2.24) is 9.80 Å². The van der Waals surface area contributed by atoms with Gasteiger partial charge in [-0.15, -0.1) is 11.6 Å². The lowest BCUT2D eigenvalue weighted by Crippen LogP contribution is -2.45. The van der Waals surface area contributed by atoms with Crippen molar-refractivity contribution in [3.05, 3.63) is 24.2 Å². The molecule has 1 aromatic rings. The van der Waals surface area contributed by atoms with E-state index in [-0.39, 0.29) is 30.3 Å². The zero-order chi connectivity index (χ0) is 18.1. The van der Waals surface area contributed by atoms with Gasteiger partial charge >= 0.3 is 0 Å². The number of ether oxygens (including phenoxy) is 1. The molecule has 1 saturated heterocycles. The molecule has 7 heteroatoms. The molecule has 1 unspecified atom stereocenters. The normalized spacial score (nSPS) is 16.8. The van der Waals surface area contributed by atoms with Crippen LogP contribution in [0.15, 0.2) is 22.8 Å². The van der Waals surface area contributed by atoms with Crippen molar-refractivity contribution >= 4 is 23.4 Å². The summed E-state index contributed by atoms with van der Waals surface area (Å²) in [5, 5.41) is 0. The summed E-state index contributed by atoms with van der Waals surface area (Å²) in [5.74, 6) is 0.288. The van der Waals surface area contributed by atoms with Gasteiger partial charge in [0, 0.05) is 19.7 Å². The summed E-state index contributed by atoms with van der Waals surface area (Å²) in [6, 6.07) is 3.64. The maximum atomic E-state index is 12.8. The van der Waals surface area contributed by atoms with Gasteiger partial charge in [0.2, 0.25) is 11.8 Å². The number of nitrogens with zero attached hydrogens (tertiary/aromatic N) is 2. The Bertz CT molecular complexity index is 529. The summed E-state index contributed by atoms with van der Waals surface area (Å²) in [6.07, 6.45) is 5.40. The van der Waals surface area contributed by atoms with Crippen molar-refractivity contribution in [2.24, 2.45) is 0 Å². The molecule has 140 valence electrons. The van der Waals surface area contributed by atoms with Gasteiger partial charge in [0.25, 0.3) is 0 Å². The number of hydrogen-bond acceptors (Lipinski definition) is 4. The van der Waals surface area contributed by atoms with Gasteiger partial charge in [0.1, 0.15) is 11.6 Å². The highest BCUT2D eigenvalue weighted by atomic mass is 35.5. The van der Waals surface area contributed by atoms with Crippen LogP contribution < -0.4 is 0 Å². The van der Waals surface area contributed by atoms with E-state index in [1.807, 2.05) is 13.0 Å². The number of hydrogen-bond donors (Lipinski definition) is 0. The van der Waals surface area contributed by atoms with E-state index in [9.17, 15) is 9.59 Å². The summed E-state index contributed by atoms with van der Waals surface area (Å²) in [7, 11) is 0. The van der Waals surface area contributed by atoms with Gasteiger partial charge in [-0.3, -0.25) is 9.59 Å². The number of rotatable bonds is 10. The van der Waals surface area contributed by atoms with Crippen molar-refractivity contribution in [1.29, 1.82) is 0 Å². The predicted octanol–water partition coefficient (Wildman–Crippen LogP) is 2.65. The van der Waals surface area contributed by atoms with Crippen LogP contribution in [-0.2, 0) is 20.9 Å². The first kappa shape index (κ1) is 19.8. The molecule has 25 heavy (non-hydrogen) atoms. The van der Waals surface area contributed by atoms with E-state index in [0.29, 0.717) is 19.6 Å². The minimum atomic E-state index is -0.210. The summed E-state index contributed by atoms with van der Waals surface area (Å²) >= 11 is 5.69. The molecule has 6 nitrogen and oxygen atoms in total. The molecule has 1 aromatic heterocycles. The molecule has 2 amide bonds. The molecule has 0 aliphatic carbocycles. The monoisotopic (exact) mass is 370 g/mol. The van der Waals surface area contributed by atoms with Crippen molar-refractivity contribution in [3.63, 3.8) is 0 Å². The minimum absolute atomic E-state index is 0.0407. The first-order valence-corrected chi connectivity index (χ1v) is 9.43. The molecule has 1 atom stereocenters. The Morgan fingerprint density at radius 1 is 1.32 bits per heavy atom. The topological polar surface area (TPSA) is 63.0 Å². The van der Waals surface area contributed by atoms with Crippen molar-refractivity contribution < 1.29 is 18.7 Å². The SMILES string of the molecule is CCCCN(CC(=O)N(Cc1ccco1)CC1CCCO1)C(=O)CCl. The average Bonchev–Trinajstić information content (AvgIpc) is 3.31. The molecule has 0 N–H and O–H groups in total. The summed E-state index contributed by atoms with van der Waals surface area (Å²) in [5.41, 5.74) is 0. The van der Waals surface area contributed by atoms with Crippen LogP contribution in [0.2, 0.25) is 0 Å². The summed E-state index contributed by atoms with van der Waals surface area (Å²) < 4.78 is 11.0. The Morgan fingerprint density at radius 2 is 2.16 bits per heavy atom. The highest BCUT2D eigenvalue weighted by Gasteiger charge is 2.25. The maximum absolute atomic E-state index is 12.8. The third kappa shape index (κ3) is 6.36. The second-order valence-corrected chi connectivity index (χ2v) is 6.56. The van der Waals surface area contributed by atoms with Crippen LogP contribution in [0.25, 0.3) is 0 Å². The van der Waals surface area contributed by atoms with E-state index in [1.165, 1.54) is 0 Å². The maximum Gasteiger partial charge on any atom is 0.242 e. The second kappa shape index (κ2) is 10.5. The van der Waals surface area contributed by atoms with E-state index in [4.69, 9.17) is 20.8 Å². The van der Waals surface area contributed by atoms with Crippen LogP contribution in [0.1, 0.15) is 38.4 Å². The van der Waals surface area contributed by atoms with Crippen LogP contribution in [-0.4, -0.2) is 59.8 Å². The van der Waals surface area contributed by atoms with Crippen LogP contribution in [0.4, 0.5) is 0 Å². The molecule has 1 aliphatic heterocycles. The van der Waals surface area contributed by atoms with Crippen LogP contribution >= 0.6 is 11.6 Å². The summed E-state index contributed by atoms with van der Waals surface area (Å²) in [4.78, 5) is 28.1. The third-order valence-electron chi connectivity index (χ3n) is 4.30. The molecule has 0 aromatic carbocycles. The van der Waals surface area contributed by atoms with Gasteiger partial charge in [0.15, 0.2) is 0 Å². The van der Waals surface area contributed by atoms with E-state index >= 15 is 0 Å². The van der Waals surface area contributed by atoms with Gasteiger partial charge in [-0.1, -0.05) is 13.3 Å². The Balaban J connectivity index is 2.02. The Morgan fingerprint density at radius 3 is 2.76 bits per heavy atom. The largest absolute Gasteiger partial charge is 0.467 e. The standard InChI is InChI=1S/C18H27ClN2O4/c1-2-3-8-20(17(22)11-19)14-18(23)21(12-15-6-4-9-24-15)13-16-7-5-10-25-16/h4,6,9,16H,2-3,5,7-8,10-14H2,1H3. The van der Waals surface area contributed by atoms with Crippen LogP contribution in [0.5, 0.6) is 0 Å². The van der Waals surface area contributed by atoms with E-state index in [0.717, 1.165) is 38.1 Å². The van der Waals surface area contributed by atoms with Gasteiger partial charge in [-0.2, -0.15) is 0 Å². The molecule has 0 radical (unpaired) electrons. The lowest BCUT2D eigenvalue weighted by atomic mass is 10.2. The molecule has 0 bridgehead atoms. The molecular formula is C18H27ClN2O4. The molecule has 1 fully saturated rings. The molecule has 1 aliphatic rings. The van der Waals surface area contributed by atoms with Gasteiger partial charge in [-0.25, -0.2) is 0 Å². The lowest BCUT2D eigenvalue weighted by Gasteiger charge is -2.28. The van der Waals surface area contributed by atoms with E-state index in [2.05, 4.69) is 0 Å². The lowest BCUT2D eigenvalue weighted by molar-refractivity contribution is -0.140. The van der Waals surface area contributed by atoms with Crippen molar-refractivity contribution in [2.45, 2.75) is 45.3 Å². The molecule has 0 spiro atoms. The smallest absolute Gasteiger partial charge is 0.242 e. The third-order valence-corrected chi connectivity index (χ3v) is 4.53. The number of carbonyl (C=O) groups excluding carboxylic acids is 2. The fourth-order valence-electron chi connectivity index (χ4n) is 2.87. The number of halogens is 1. The molecule has 2 rings (SSSR count). The zero-order valence-corrected chi connectivity index (χ0v) is 15.5. The molecule has 2 heterocycles. The van der Waals surface area contributed by atoms with E-state index < -0.39 is 0 Å². The number of alkyl halides is 1. The quantitative estimate of drug-likeness (QED) is 0.594. The second-order valence-electron chi connectivity index (χ2n) is 6.29. The highest BCUT2D eigenvalue weighted by molar-refractivity contribution is 6.27. The fourth-order valence-corrected chi connectivity index (χ4v) is 3.04. The summed E-state index contributed by atoms with van der Waals surface area (Å²) in [6.45, 7) is 4.26.